The van der Waals surface area contributed by atoms with Gasteiger partial charge < -0.3 is 15.5 Å². The van der Waals surface area contributed by atoms with Crippen molar-refractivity contribution in [3.05, 3.63) is 38.9 Å². The Morgan fingerprint density at radius 1 is 1.44 bits per heavy atom. The second-order valence-corrected chi connectivity index (χ2v) is 5.37. The lowest BCUT2D eigenvalue weighted by Gasteiger charge is -2.14. The van der Waals surface area contributed by atoms with Crippen LogP contribution in [0, 0.1) is 10.1 Å². The summed E-state index contributed by atoms with van der Waals surface area (Å²) in [6, 6.07) is 3.74. The number of aryl methyl sites for hydroxylation is 1. The van der Waals surface area contributed by atoms with Gasteiger partial charge in [-0.25, -0.2) is 13.6 Å². The van der Waals surface area contributed by atoms with Crippen molar-refractivity contribution in [3.63, 3.8) is 0 Å². The summed E-state index contributed by atoms with van der Waals surface area (Å²) in [5.41, 5.74) is 5.06. The van der Waals surface area contributed by atoms with Gasteiger partial charge in [0.15, 0.2) is 5.58 Å². The Kier molecular flexibility index (Phi) is 5.47. The average molecular weight is 358 g/mol. The predicted octanol–water partition coefficient (Wildman–Crippen LogP) is 0.993. The van der Waals surface area contributed by atoms with Gasteiger partial charge >= 0.3 is 5.76 Å². The van der Waals surface area contributed by atoms with E-state index in [1.807, 2.05) is 0 Å². The van der Waals surface area contributed by atoms with E-state index in [0.717, 1.165) is 6.07 Å². The number of aromatic nitrogens is 1. The van der Waals surface area contributed by atoms with E-state index < -0.39 is 35.6 Å². The van der Waals surface area contributed by atoms with Gasteiger partial charge in [-0.15, -0.1) is 0 Å². The number of non-ortho nitro benzene ring substituents is 1. The van der Waals surface area contributed by atoms with Crippen LogP contribution < -0.4 is 16.8 Å². The fraction of sp³-hybridized carbons (Fsp3) is 0.429. The number of hydrogen-bond acceptors (Lipinski definition) is 6. The minimum Gasteiger partial charge on any atom is -0.407 e. The summed E-state index contributed by atoms with van der Waals surface area (Å²) in [6.07, 6.45) is 0.123. The van der Waals surface area contributed by atoms with Crippen LogP contribution in [0.3, 0.4) is 0 Å². The third-order valence-corrected chi connectivity index (χ3v) is 3.49. The Hall–Kier alpha value is -2.82. The first kappa shape index (κ1) is 18.5. The second kappa shape index (κ2) is 7.38. The smallest absolute Gasteiger partial charge is 0.407 e. The Labute approximate surface area is 139 Å². The Morgan fingerprint density at radius 2 is 2.16 bits per heavy atom. The van der Waals surface area contributed by atoms with Gasteiger partial charge in [0.1, 0.15) is 0 Å². The van der Waals surface area contributed by atoms with Gasteiger partial charge in [-0.05, 0) is 12.5 Å². The lowest BCUT2D eigenvalue weighted by atomic mass is 10.2. The molecule has 0 atom stereocenters. The number of oxazole rings is 1. The first-order valence-corrected chi connectivity index (χ1v) is 7.36. The second-order valence-electron chi connectivity index (χ2n) is 5.37. The lowest BCUT2D eigenvalue weighted by molar-refractivity contribution is -0.384. The van der Waals surface area contributed by atoms with Crippen molar-refractivity contribution in [1.82, 2.24) is 9.88 Å². The van der Waals surface area contributed by atoms with E-state index in [0.29, 0.717) is 5.52 Å². The van der Waals surface area contributed by atoms with Crippen LogP contribution in [0.15, 0.2) is 27.4 Å². The van der Waals surface area contributed by atoms with Crippen molar-refractivity contribution < 1.29 is 22.9 Å². The number of nitro benzene ring substituents is 1. The first-order chi connectivity index (χ1) is 11.7. The van der Waals surface area contributed by atoms with Gasteiger partial charge in [0.2, 0.25) is 5.91 Å². The number of halogens is 2. The molecule has 0 fully saturated rings. The lowest BCUT2D eigenvalue weighted by Crippen LogP contribution is -2.41. The maximum absolute atomic E-state index is 12.9. The van der Waals surface area contributed by atoms with Crippen LogP contribution in [0.2, 0.25) is 0 Å². The van der Waals surface area contributed by atoms with Crippen LogP contribution in [0.25, 0.3) is 11.1 Å². The maximum atomic E-state index is 12.9. The van der Waals surface area contributed by atoms with E-state index in [2.05, 4.69) is 5.32 Å². The van der Waals surface area contributed by atoms with Crippen LogP contribution in [0.5, 0.6) is 0 Å². The molecule has 1 aromatic carbocycles. The monoisotopic (exact) mass is 358 g/mol. The summed E-state index contributed by atoms with van der Waals surface area (Å²) in [5, 5.41) is 12.8. The summed E-state index contributed by atoms with van der Waals surface area (Å²) in [5.74, 6) is -4.47. The molecule has 0 bridgehead atoms. The van der Waals surface area contributed by atoms with Gasteiger partial charge in [0.25, 0.3) is 11.6 Å². The molecule has 1 aromatic heterocycles. The topological polar surface area (TPSA) is 133 Å². The first-order valence-electron chi connectivity index (χ1n) is 7.36. The summed E-state index contributed by atoms with van der Waals surface area (Å²) in [4.78, 5) is 33.4. The van der Waals surface area contributed by atoms with Gasteiger partial charge in [-0.1, -0.05) is 0 Å². The largest absolute Gasteiger partial charge is 0.419 e. The number of alkyl halides is 2. The molecule has 2 aromatic rings. The highest BCUT2D eigenvalue weighted by Gasteiger charge is 2.27. The number of rotatable bonds is 8. The van der Waals surface area contributed by atoms with Crippen LogP contribution in [-0.4, -0.2) is 34.4 Å². The number of amides is 1. The molecule has 0 aliphatic carbocycles. The fourth-order valence-electron chi connectivity index (χ4n) is 2.17. The van der Waals surface area contributed by atoms with E-state index in [1.54, 1.807) is 0 Å². The van der Waals surface area contributed by atoms with Gasteiger partial charge in [0, 0.05) is 19.0 Å². The molecule has 0 saturated heterocycles. The molecular formula is C14H16F2N4O5. The normalized spacial score (nSPS) is 11.6. The molecule has 0 aliphatic rings. The number of nitro groups is 1. The van der Waals surface area contributed by atoms with E-state index in [4.69, 9.17) is 10.2 Å². The van der Waals surface area contributed by atoms with Crippen LogP contribution in [-0.2, 0) is 11.3 Å². The SMILES string of the molecule is NCC(F)(F)CNC(=O)CCCn1c(=O)oc2cc([N+](=O)[O-])ccc21. The van der Waals surface area contributed by atoms with Crippen molar-refractivity contribution >= 4 is 22.7 Å². The average Bonchev–Trinajstić information content (AvgIpc) is 2.88. The Balaban J connectivity index is 1.97. The standard InChI is InChI=1S/C14H16F2N4O5/c15-14(16,7-17)8-18-12(21)2-1-5-19-10-4-3-9(20(23)24)6-11(10)25-13(19)22/h3-4,6H,1-2,5,7-8,17H2,(H,18,21). The Bertz CT molecular complexity index is 845. The third kappa shape index (κ3) is 4.59. The van der Waals surface area contributed by atoms with Gasteiger partial charge in [0.05, 0.1) is 29.6 Å². The Morgan fingerprint density at radius 3 is 2.80 bits per heavy atom. The fourth-order valence-corrected chi connectivity index (χ4v) is 2.17. The molecule has 1 amide bonds. The van der Waals surface area contributed by atoms with Crippen LogP contribution in [0.1, 0.15) is 12.8 Å². The number of carbonyl (C=O) groups excluding carboxylic acids is 1. The summed E-state index contributed by atoms with van der Waals surface area (Å²) < 4.78 is 32.0. The molecule has 0 saturated carbocycles. The minimum atomic E-state index is -3.16. The molecule has 0 unspecified atom stereocenters. The van der Waals surface area contributed by atoms with E-state index in [-0.39, 0.29) is 30.7 Å². The molecule has 25 heavy (non-hydrogen) atoms. The number of nitrogens with zero attached hydrogens (tertiary/aromatic N) is 2. The number of nitrogens with one attached hydrogen (secondary N) is 1. The predicted molar refractivity (Wildman–Crippen MR) is 83.4 cm³/mol. The highest BCUT2D eigenvalue weighted by molar-refractivity contribution is 5.76. The van der Waals surface area contributed by atoms with Gasteiger partial charge in [-0.2, -0.15) is 0 Å². The minimum absolute atomic E-state index is 0.0613. The van der Waals surface area contributed by atoms with E-state index in [1.165, 1.54) is 16.7 Å². The zero-order chi connectivity index (χ0) is 18.6. The quantitative estimate of drug-likeness (QED) is 0.534. The van der Waals surface area contributed by atoms with Crippen molar-refractivity contribution in [3.8, 4) is 0 Å². The molecule has 2 rings (SSSR count). The number of fused-ring (bicyclic) bond motifs is 1. The highest BCUT2D eigenvalue weighted by Crippen LogP contribution is 2.20. The summed E-state index contributed by atoms with van der Waals surface area (Å²) in [7, 11) is 0. The molecule has 0 spiro atoms. The summed E-state index contributed by atoms with van der Waals surface area (Å²) >= 11 is 0. The van der Waals surface area contributed by atoms with E-state index >= 15 is 0 Å². The van der Waals surface area contributed by atoms with Crippen LogP contribution >= 0.6 is 0 Å². The number of carbonyl (C=O) groups is 1. The highest BCUT2D eigenvalue weighted by atomic mass is 19.3. The molecule has 0 aliphatic heterocycles. The zero-order valence-corrected chi connectivity index (χ0v) is 13.0. The van der Waals surface area contributed by atoms with E-state index in [9.17, 15) is 28.5 Å². The molecule has 1 heterocycles. The molecule has 3 N–H and O–H groups in total. The van der Waals surface area contributed by atoms with Crippen LogP contribution in [0.4, 0.5) is 14.5 Å². The number of hydrogen-bond donors (Lipinski definition) is 2. The van der Waals surface area contributed by atoms with Crippen molar-refractivity contribution in [1.29, 1.82) is 0 Å². The number of benzene rings is 1. The molecular weight excluding hydrogens is 342 g/mol. The zero-order valence-electron chi connectivity index (χ0n) is 13.0. The van der Waals surface area contributed by atoms with Crippen molar-refractivity contribution in [2.24, 2.45) is 5.73 Å². The third-order valence-electron chi connectivity index (χ3n) is 3.49. The maximum Gasteiger partial charge on any atom is 0.419 e. The van der Waals surface area contributed by atoms with Crippen molar-refractivity contribution in [2.45, 2.75) is 25.3 Å². The molecule has 136 valence electrons. The van der Waals surface area contributed by atoms with Crippen molar-refractivity contribution in [2.75, 3.05) is 13.1 Å². The van der Waals surface area contributed by atoms with Gasteiger partial charge in [-0.3, -0.25) is 19.5 Å². The molecule has 11 heteroatoms. The summed E-state index contributed by atoms with van der Waals surface area (Å²) in [6.45, 7) is -1.61. The number of nitrogens with two attached hydrogens (primary N) is 1. The molecule has 0 radical (unpaired) electrons. The molecule has 9 nitrogen and oxygen atoms in total.